The molecule has 3 saturated heterocycles. The Bertz CT molecular complexity index is 2570. The van der Waals surface area contributed by atoms with Gasteiger partial charge < -0.3 is 19.1 Å². The number of nitrogens with zero attached hydrogens (tertiary/aromatic N) is 5. The molecule has 5 aliphatic rings. The first kappa shape index (κ1) is 44.6. The zero-order valence-corrected chi connectivity index (χ0v) is 38.5. The third-order valence-corrected chi connectivity index (χ3v) is 15.0. The molecule has 3 aromatic carbocycles. The van der Waals surface area contributed by atoms with Gasteiger partial charge in [0.05, 0.1) is 37.6 Å². The summed E-state index contributed by atoms with van der Waals surface area (Å²) in [7, 11) is -4.48. The van der Waals surface area contributed by atoms with Gasteiger partial charge in [0.25, 0.3) is 15.9 Å². The molecule has 4 aromatic rings. The van der Waals surface area contributed by atoms with Crippen molar-refractivity contribution in [2.45, 2.75) is 69.1 Å². The number of piperazine rings is 1. The lowest BCUT2D eigenvalue weighted by atomic mass is 9.72. The molecule has 1 N–H and O–H groups in total. The van der Waals surface area contributed by atoms with Gasteiger partial charge in [-0.15, -0.1) is 0 Å². The van der Waals surface area contributed by atoms with E-state index >= 15 is 4.39 Å². The topological polar surface area (TPSA) is 126 Å². The van der Waals surface area contributed by atoms with Crippen LogP contribution in [0.5, 0.6) is 17.4 Å². The first-order valence-electron chi connectivity index (χ1n) is 21.9. The highest BCUT2D eigenvalue weighted by molar-refractivity contribution is 7.90. The third kappa shape index (κ3) is 9.97. The zero-order chi connectivity index (χ0) is 44.6. The number of nitrogens with one attached hydrogen (secondary N) is 1. The summed E-state index contributed by atoms with van der Waals surface area (Å²) in [6.45, 7) is 11.5. The number of likely N-dealkylation sites (tertiary alicyclic amines) is 1. The molecule has 0 spiro atoms. The van der Waals surface area contributed by atoms with E-state index in [0.29, 0.717) is 44.6 Å². The Hall–Kier alpha value is -4.57. The second-order valence-electron chi connectivity index (χ2n) is 18.3. The number of halogens is 3. The minimum atomic E-state index is -4.48. The lowest BCUT2D eigenvalue weighted by Crippen LogP contribution is -2.55. The monoisotopic (exact) mass is 930 g/mol. The van der Waals surface area contributed by atoms with Crippen LogP contribution in [0.3, 0.4) is 0 Å². The molecule has 0 radical (unpaired) electrons. The molecule has 0 bridgehead atoms. The number of rotatable bonds is 13. The van der Waals surface area contributed by atoms with Crippen molar-refractivity contribution < 1.29 is 31.8 Å². The van der Waals surface area contributed by atoms with Crippen LogP contribution < -0.4 is 19.1 Å². The van der Waals surface area contributed by atoms with Crippen molar-refractivity contribution in [2.24, 2.45) is 10.4 Å². The third-order valence-electron chi connectivity index (χ3n) is 13.2. The molecule has 0 saturated carbocycles. The van der Waals surface area contributed by atoms with Gasteiger partial charge in [0.1, 0.15) is 33.7 Å². The van der Waals surface area contributed by atoms with E-state index in [4.69, 9.17) is 37.4 Å². The fraction of sp³-hybridized carbons (Fsp3) is 0.438. The van der Waals surface area contributed by atoms with Crippen LogP contribution >= 0.6 is 23.2 Å². The fourth-order valence-corrected chi connectivity index (χ4v) is 10.5. The van der Waals surface area contributed by atoms with E-state index in [-0.39, 0.29) is 52.0 Å². The van der Waals surface area contributed by atoms with Crippen molar-refractivity contribution in [1.82, 2.24) is 19.5 Å². The van der Waals surface area contributed by atoms with Crippen LogP contribution in [-0.2, 0) is 21.3 Å². The Morgan fingerprint density at radius 2 is 1.72 bits per heavy atom. The molecule has 64 heavy (non-hydrogen) atoms. The first-order chi connectivity index (χ1) is 30.7. The van der Waals surface area contributed by atoms with E-state index in [1.165, 1.54) is 16.7 Å². The summed E-state index contributed by atoms with van der Waals surface area (Å²) in [5, 5.41) is 0.607. The summed E-state index contributed by atoms with van der Waals surface area (Å²) in [6.07, 6.45) is 6.57. The number of pyridine rings is 1. The van der Waals surface area contributed by atoms with Crippen LogP contribution in [0.15, 0.2) is 88.4 Å². The number of hydrogen-bond donors (Lipinski definition) is 1. The minimum Gasteiger partial charge on any atom is -0.473 e. The maximum absolute atomic E-state index is 15.6. The van der Waals surface area contributed by atoms with Gasteiger partial charge in [-0.05, 0) is 90.6 Å². The summed E-state index contributed by atoms with van der Waals surface area (Å²) in [5.74, 6) is -0.305. The SMILES string of the molecule is CC1(C)CCC(CN2CCN(c3ccc(C(=O)NS(=O)(=O)c4cnc(OCC5(F)CCN(C6COC6)CC5)c(Cl)c4)c(Oc4cccc5c4C=NC5)c3)CC2)=C(c2ccc(Cl)cc2)C1. The highest BCUT2D eigenvalue weighted by atomic mass is 35.5. The zero-order valence-electron chi connectivity index (χ0n) is 36.1. The van der Waals surface area contributed by atoms with Crippen molar-refractivity contribution in [3.8, 4) is 17.4 Å². The molecule has 16 heteroatoms. The van der Waals surface area contributed by atoms with Crippen molar-refractivity contribution in [3.63, 3.8) is 0 Å². The number of alkyl halides is 1. The van der Waals surface area contributed by atoms with Crippen molar-refractivity contribution in [1.29, 1.82) is 0 Å². The van der Waals surface area contributed by atoms with Crippen LogP contribution in [0.4, 0.5) is 10.1 Å². The minimum absolute atomic E-state index is 0.0172. The van der Waals surface area contributed by atoms with Gasteiger partial charge in [-0.1, -0.05) is 66.9 Å². The second kappa shape index (κ2) is 18.4. The second-order valence-corrected chi connectivity index (χ2v) is 20.9. The Labute approximate surface area is 384 Å². The highest BCUT2D eigenvalue weighted by Crippen LogP contribution is 2.44. The van der Waals surface area contributed by atoms with Crippen LogP contribution in [0.2, 0.25) is 10.0 Å². The Morgan fingerprint density at radius 1 is 0.953 bits per heavy atom. The van der Waals surface area contributed by atoms with Crippen molar-refractivity contribution >= 4 is 56.6 Å². The van der Waals surface area contributed by atoms with E-state index in [1.807, 2.05) is 30.3 Å². The van der Waals surface area contributed by atoms with Crippen molar-refractivity contribution in [3.05, 3.63) is 111 Å². The summed E-state index contributed by atoms with van der Waals surface area (Å²) >= 11 is 12.7. The van der Waals surface area contributed by atoms with Crippen LogP contribution in [-0.4, -0.2) is 113 Å². The summed E-state index contributed by atoms with van der Waals surface area (Å²) in [4.78, 5) is 29.1. The largest absolute Gasteiger partial charge is 0.473 e. The molecule has 12 nitrogen and oxygen atoms in total. The molecule has 4 aliphatic heterocycles. The number of ether oxygens (including phenoxy) is 3. The lowest BCUT2D eigenvalue weighted by molar-refractivity contribution is -0.0892. The standard InChI is InChI=1S/C48H53Cl2FN6O6S/c1-47(2)13-12-34(40(24-47)32-6-8-35(49)9-7-32)28-55-18-20-57(21-19-55)36-10-11-39(44(22-36)63-43-5-3-4-33-25-52-27-41(33)43)45(58)54-64(59,60)38-23-42(50)46(53-26-38)62-31-48(51)14-16-56(17-15-48)37-29-61-30-37/h3-11,22-23,26-27,37H,12-21,24-25,28-31H2,1-2H3,(H,54,58). The molecule has 3 fully saturated rings. The van der Waals surface area contributed by atoms with Crippen LogP contribution in [0, 0.1) is 5.41 Å². The van der Waals surface area contributed by atoms with Crippen molar-refractivity contribution in [2.75, 3.05) is 70.5 Å². The van der Waals surface area contributed by atoms with Crippen LogP contribution in [0.1, 0.15) is 73.0 Å². The number of benzene rings is 3. The number of fused-ring (bicyclic) bond motifs is 1. The normalized spacial score (nSPS) is 20.2. The maximum Gasteiger partial charge on any atom is 0.268 e. The molecule has 0 atom stereocenters. The molecule has 1 aromatic heterocycles. The predicted molar refractivity (Wildman–Crippen MR) is 248 cm³/mol. The van der Waals surface area contributed by atoms with Gasteiger partial charge in [-0.25, -0.2) is 22.5 Å². The molecular weight excluding hydrogens is 879 g/mol. The number of hydrogen-bond acceptors (Lipinski definition) is 11. The number of piperidine rings is 1. The molecule has 1 aliphatic carbocycles. The predicted octanol–water partition coefficient (Wildman–Crippen LogP) is 8.60. The quantitative estimate of drug-likeness (QED) is 0.139. The number of carbonyl (C=O) groups excluding carboxylic acids is 1. The Morgan fingerprint density at radius 3 is 2.44 bits per heavy atom. The lowest BCUT2D eigenvalue weighted by Gasteiger charge is -2.43. The Kier molecular flexibility index (Phi) is 12.8. The van der Waals surface area contributed by atoms with E-state index in [9.17, 15) is 13.2 Å². The number of aromatic nitrogens is 1. The number of carbonyl (C=O) groups is 1. The molecular formula is C48H53Cl2FN6O6S. The van der Waals surface area contributed by atoms with Gasteiger partial charge in [0, 0.05) is 74.4 Å². The number of aliphatic imine (C=N–C) groups is 1. The first-order valence-corrected chi connectivity index (χ1v) is 24.2. The molecule has 5 heterocycles. The number of amides is 1. The average Bonchev–Trinajstić information content (AvgIpc) is 3.75. The van der Waals surface area contributed by atoms with Gasteiger partial charge in [-0.2, -0.15) is 0 Å². The van der Waals surface area contributed by atoms with E-state index in [0.717, 1.165) is 86.1 Å². The van der Waals surface area contributed by atoms with E-state index < -0.39 is 21.6 Å². The number of sulfonamides is 1. The number of allylic oxidation sites excluding steroid dienone is 1. The molecule has 1 amide bonds. The van der Waals surface area contributed by atoms with Gasteiger partial charge in [0.2, 0.25) is 5.88 Å². The van der Waals surface area contributed by atoms with Gasteiger partial charge >= 0.3 is 0 Å². The maximum atomic E-state index is 15.6. The fourth-order valence-electron chi connectivity index (χ4n) is 9.16. The summed E-state index contributed by atoms with van der Waals surface area (Å²) in [6, 6.07) is 20.5. The molecule has 0 unspecified atom stereocenters. The average molecular weight is 932 g/mol. The summed E-state index contributed by atoms with van der Waals surface area (Å²) in [5.41, 5.74) is 5.44. The van der Waals surface area contributed by atoms with Gasteiger partial charge in [-0.3, -0.25) is 19.6 Å². The van der Waals surface area contributed by atoms with Crippen LogP contribution in [0.25, 0.3) is 5.57 Å². The van der Waals surface area contributed by atoms with E-state index in [2.05, 4.69) is 55.4 Å². The Balaban J connectivity index is 0.889. The number of anilines is 1. The summed E-state index contributed by atoms with van der Waals surface area (Å²) < 4.78 is 62.6. The van der Waals surface area contributed by atoms with Gasteiger partial charge in [0.15, 0.2) is 0 Å². The molecule has 338 valence electrons. The van der Waals surface area contributed by atoms with E-state index in [1.54, 1.807) is 24.4 Å². The smallest absolute Gasteiger partial charge is 0.268 e. The molecule has 9 rings (SSSR count). The highest BCUT2D eigenvalue weighted by Gasteiger charge is 2.39.